The molecule has 2 N–H and O–H groups in total. The smallest absolute Gasteiger partial charge is 0.219 e. The van der Waals surface area contributed by atoms with Crippen LogP contribution in [-0.4, -0.2) is 19.5 Å². The van der Waals surface area contributed by atoms with Crippen LogP contribution in [0.5, 0.6) is 0 Å². The number of carbonyl (C=O) groups is 1. The van der Waals surface area contributed by atoms with Crippen LogP contribution in [0.1, 0.15) is 36.9 Å². The van der Waals surface area contributed by atoms with Crippen molar-refractivity contribution in [3.8, 4) is 0 Å². The summed E-state index contributed by atoms with van der Waals surface area (Å²) in [6, 6.07) is 8.87. The third-order valence-electron chi connectivity index (χ3n) is 2.89. The monoisotopic (exact) mass is 234 g/mol. The van der Waals surface area contributed by atoms with Gasteiger partial charge >= 0.3 is 0 Å². The normalized spacial score (nSPS) is 12.2. The quantitative estimate of drug-likeness (QED) is 0.741. The second kappa shape index (κ2) is 7.07. The molecule has 0 radical (unpaired) electrons. The summed E-state index contributed by atoms with van der Waals surface area (Å²) in [4.78, 5) is 11.0. The third-order valence-corrected chi connectivity index (χ3v) is 2.89. The lowest BCUT2D eigenvalue weighted by Crippen LogP contribution is -2.23. The lowest BCUT2D eigenvalue weighted by atomic mass is 10.1. The molecular formula is C14H22N2O. The summed E-state index contributed by atoms with van der Waals surface area (Å²) in [6.07, 6.45) is 1.46. The van der Waals surface area contributed by atoms with Crippen molar-refractivity contribution in [3.63, 3.8) is 0 Å². The van der Waals surface area contributed by atoms with Gasteiger partial charge in [-0.3, -0.25) is 4.79 Å². The first-order chi connectivity index (χ1) is 8.13. The predicted octanol–water partition coefficient (Wildman–Crippen LogP) is 2.17. The van der Waals surface area contributed by atoms with Crippen LogP contribution in [0, 0.1) is 6.92 Å². The Morgan fingerprint density at radius 3 is 2.53 bits per heavy atom. The van der Waals surface area contributed by atoms with E-state index in [2.05, 4.69) is 48.7 Å². The highest BCUT2D eigenvalue weighted by atomic mass is 16.1. The van der Waals surface area contributed by atoms with Crippen LogP contribution in [0.15, 0.2) is 24.3 Å². The zero-order valence-electron chi connectivity index (χ0n) is 10.9. The summed E-state index contributed by atoms with van der Waals surface area (Å²) < 4.78 is 0. The number of benzene rings is 1. The van der Waals surface area contributed by atoms with Crippen molar-refractivity contribution in [2.45, 2.75) is 32.7 Å². The number of hydrogen-bond acceptors (Lipinski definition) is 2. The zero-order chi connectivity index (χ0) is 12.7. The zero-order valence-corrected chi connectivity index (χ0v) is 10.9. The lowest BCUT2D eigenvalue weighted by Gasteiger charge is -2.14. The van der Waals surface area contributed by atoms with Crippen LogP contribution in [0.2, 0.25) is 0 Å². The summed E-state index contributed by atoms with van der Waals surface area (Å²) >= 11 is 0. The van der Waals surface area contributed by atoms with Gasteiger partial charge in [0, 0.05) is 19.5 Å². The first-order valence-corrected chi connectivity index (χ1v) is 6.14. The summed E-state index contributed by atoms with van der Waals surface area (Å²) in [5.41, 5.74) is 2.57. The van der Waals surface area contributed by atoms with Crippen LogP contribution < -0.4 is 10.6 Å². The largest absolute Gasteiger partial charge is 0.359 e. The molecule has 1 aromatic rings. The van der Waals surface area contributed by atoms with E-state index in [0.29, 0.717) is 12.5 Å². The van der Waals surface area contributed by atoms with Gasteiger partial charge in [0.25, 0.3) is 0 Å². The van der Waals surface area contributed by atoms with E-state index in [4.69, 9.17) is 0 Å². The number of carbonyl (C=O) groups excluding carboxylic acids is 1. The van der Waals surface area contributed by atoms with E-state index in [1.807, 2.05) is 0 Å². The first-order valence-electron chi connectivity index (χ1n) is 6.14. The standard InChI is InChI=1S/C14H22N2O/c1-11-6-8-13(9-7-11)12(2)16-10-4-5-14(17)15-3/h6-9,12,16H,4-5,10H2,1-3H3,(H,15,17)/t12-/m0/s1. The van der Waals surface area contributed by atoms with Crippen LogP contribution in [0.25, 0.3) is 0 Å². The predicted molar refractivity (Wildman–Crippen MR) is 70.9 cm³/mol. The Morgan fingerprint density at radius 2 is 1.94 bits per heavy atom. The minimum Gasteiger partial charge on any atom is -0.359 e. The number of hydrogen-bond donors (Lipinski definition) is 2. The summed E-state index contributed by atoms with van der Waals surface area (Å²) in [6.45, 7) is 5.10. The second-order valence-corrected chi connectivity index (χ2v) is 4.36. The molecule has 0 aliphatic carbocycles. The highest BCUT2D eigenvalue weighted by molar-refractivity contribution is 5.75. The van der Waals surface area contributed by atoms with Gasteiger partial charge in [0.15, 0.2) is 0 Å². The summed E-state index contributed by atoms with van der Waals surface area (Å²) in [5.74, 6) is 0.106. The number of aryl methyl sites for hydroxylation is 1. The summed E-state index contributed by atoms with van der Waals surface area (Å²) in [7, 11) is 1.67. The van der Waals surface area contributed by atoms with Gasteiger partial charge in [-0.05, 0) is 32.4 Å². The molecular weight excluding hydrogens is 212 g/mol. The van der Waals surface area contributed by atoms with Gasteiger partial charge in [0.2, 0.25) is 5.91 Å². The Balaban J connectivity index is 2.27. The first kappa shape index (κ1) is 13.7. The van der Waals surface area contributed by atoms with Crippen molar-refractivity contribution in [1.82, 2.24) is 10.6 Å². The van der Waals surface area contributed by atoms with Gasteiger partial charge in [-0.2, -0.15) is 0 Å². The molecule has 0 saturated carbocycles. The van der Waals surface area contributed by atoms with Gasteiger partial charge < -0.3 is 10.6 Å². The molecule has 3 nitrogen and oxygen atoms in total. The van der Waals surface area contributed by atoms with Crippen molar-refractivity contribution >= 4 is 5.91 Å². The van der Waals surface area contributed by atoms with Gasteiger partial charge in [0.1, 0.15) is 0 Å². The van der Waals surface area contributed by atoms with Crippen LogP contribution in [-0.2, 0) is 4.79 Å². The van der Waals surface area contributed by atoms with Gasteiger partial charge in [-0.1, -0.05) is 29.8 Å². The van der Waals surface area contributed by atoms with Crippen LogP contribution >= 0.6 is 0 Å². The number of amides is 1. The maximum absolute atomic E-state index is 11.0. The average molecular weight is 234 g/mol. The maximum Gasteiger partial charge on any atom is 0.219 e. The minimum absolute atomic E-state index is 0.106. The fraction of sp³-hybridized carbons (Fsp3) is 0.500. The molecule has 3 heteroatoms. The Bertz CT molecular complexity index is 346. The molecule has 0 aliphatic heterocycles. The highest BCUT2D eigenvalue weighted by Gasteiger charge is 2.04. The molecule has 1 rings (SSSR count). The molecule has 94 valence electrons. The molecule has 0 bridgehead atoms. The van der Waals surface area contributed by atoms with Gasteiger partial charge in [-0.25, -0.2) is 0 Å². The fourth-order valence-corrected chi connectivity index (χ4v) is 1.67. The van der Waals surface area contributed by atoms with Crippen LogP contribution in [0.4, 0.5) is 0 Å². The second-order valence-electron chi connectivity index (χ2n) is 4.36. The molecule has 1 aromatic carbocycles. The van der Waals surface area contributed by atoms with Crippen molar-refractivity contribution in [1.29, 1.82) is 0 Å². The molecule has 0 heterocycles. The van der Waals surface area contributed by atoms with Crippen LogP contribution in [0.3, 0.4) is 0 Å². The Hall–Kier alpha value is -1.35. The fourth-order valence-electron chi connectivity index (χ4n) is 1.67. The third kappa shape index (κ3) is 5.00. The minimum atomic E-state index is 0.106. The molecule has 1 amide bonds. The number of nitrogens with one attached hydrogen (secondary N) is 2. The van der Waals surface area contributed by atoms with E-state index >= 15 is 0 Å². The molecule has 17 heavy (non-hydrogen) atoms. The number of rotatable bonds is 6. The van der Waals surface area contributed by atoms with Gasteiger partial charge in [0.05, 0.1) is 0 Å². The van der Waals surface area contributed by atoms with Crippen molar-refractivity contribution in [2.75, 3.05) is 13.6 Å². The summed E-state index contributed by atoms with van der Waals surface area (Å²) in [5, 5.41) is 6.04. The van der Waals surface area contributed by atoms with Gasteiger partial charge in [-0.15, -0.1) is 0 Å². The van der Waals surface area contributed by atoms with E-state index in [0.717, 1.165) is 13.0 Å². The molecule has 0 fully saturated rings. The van der Waals surface area contributed by atoms with E-state index in [1.165, 1.54) is 11.1 Å². The maximum atomic E-state index is 11.0. The molecule has 0 saturated heterocycles. The highest BCUT2D eigenvalue weighted by Crippen LogP contribution is 2.12. The Labute approximate surface area is 104 Å². The molecule has 0 spiro atoms. The van der Waals surface area contributed by atoms with E-state index < -0.39 is 0 Å². The van der Waals surface area contributed by atoms with Crippen molar-refractivity contribution < 1.29 is 4.79 Å². The topological polar surface area (TPSA) is 41.1 Å². The SMILES string of the molecule is CNC(=O)CCCN[C@@H](C)c1ccc(C)cc1. The van der Waals surface area contributed by atoms with E-state index in [-0.39, 0.29) is 5.91 Å². The Kier molecular flexibility index (Phi) is 5.70. The molecule has 0 aromatic heterocycles. The van der Waals surface area contributed by atoms with Crippen molar-refractivity contribution in [3.05, 3.63) is 35.4 Å². The molecule has 1 atom stereocenters. The lowest BCUT2D eigenvalue weighted by molar-refractivity contribution is -0.120. The Morgan fingerprint density at radius 1 is 1.29 bits per heavy atom. The average Bonchev–Trinajstić information content (AvgIpc) is 2.34. The van der Waals surface area contributed by atoms with E-state index in [1.54, 1.807) is 7.05 Å². The molecule has 0 aliphatic rings. The van der Waals surface area contributed by atoms with Crippen molar-refractivity contribution in [2.24, 2.45) is 0 Å². The van der Waals surface area contributed by atoms with E-state index in [9.17, 15) is 4.79 Å². The molecule has 0 unspecified atom stereocenters.